The van der Waals surface area contributed by atoms with Gasteiger partial charge < -0.3 is 0 Å². The normalized spacial score (nSPS) is 32.9. The minimum absolute atomic E-state index is 0.752. The van der Waals surface area contributed by atoms with Crippen LogP contribution in [0.15, 0.2) is 54.6 Å². The van der Waals surface area contributed by atoms with E-state index < -0.39 is 0 Å². The Labute approximate surface area is 138 Å². The molecule has 0 heteroatoms. The molecule has 0 heterocycles. The molecule has 2 bridgehead atoms. The SMILES string of the molecule is CC1C(C)[C@@H]2C[C@@H]1C[C@H]2c1c2ccccc2cc2ccccc12. The summed E-state index contributed by atoms with van der Waals surface area (Å²) in [5.41, 5.74) is 1.64. The van der Waals surface area contributed by atoms with Crippen LogP contribution in [0.3, 0.4) is 0 Å². The van der Waals surface area contributed by atoms with Gasteiger partial charge in [0, 0.05) is 0 Å². The van der Waals surface area contributed by atoms with Crippen molar-refractivity contribution in [3.63, 3.8) is 0 Å². The van der Waals surface area contributed by atoms with Gasteiger partial charge >= 0.3 is 0 Å². The minimum atomic E-state index is 0.752. The standard InChI is InChI=1S/C23H24/c1-14-15(2)21-12-18(14)13-22(21)23-19-9-5-3-7-16(19)11-17-8-4-6-10-20(17)23/h3-11,14-15,18,21-22H,12-13H2,1-2H3/t14?,15?,18-,21+,22-/m1/s1. The second kappa shape index (κ2) is 4.84. The highest BCUT2D eigenvalue weighted by molar-refractivity contribution is 6.02. The first-order valence-corrected chi connectivity index (χ1v) is 9.14. The maximum atomic E-state index is 2.49. The second-order valence-corrected chi connectivity index (χ2v) is 7.95. The number of hydrogen-bond donors (Lipinski definition) is 0. The molecule has 2 saturated carbocycles. The van der Waals surface area contributed by atoms with Crippen LogP contribution in [0.4, 0.5) is 0 Å². The van der Waals surface area contributed by atoms with E-state index >= 15 is 0 Å². The first-order chi connectivity index (χ1) is 11.2. The molecule has 0 saturated heterocycles. The molecule has 23 heavy (non-hydrogen) atoms. The van der Waals surface area contributed by atoms with E-state index in [9.17, 15) is 0 Å². The Morgan fingerprint density at radius 2 is 1.35 bits per heavy atom. The lowest BCUT2D eigenvalue weighted by molar-refractivity contribution is 0.234. The maximum absolute atomic E-state index is 2.49. The maximum Gasteiger partial charge on any atom is -0.0116 e. The summed E-state index contributed by atoms with van der Waals surface area (Å²) < 4.78 is 0. The van der Waals surface area contributed by atoms with E-state index in [0.29, 0.717) is 0 Å². The van der Waals surface area contributed by atoms with Crippen molar-refractivity contribution < 1.29 is 0 Å². The number of benzene rings is 3. The quantitative estimate of drug-likeness (QED) is 0.457. The third kappa shape index (κ3) is 1.84. The predicted molar refractivity (Wildman–Crippen MR) is 98.7 cm³/mol. The third-order valence-corrected chi connectivity index (χ3v) is 7.08. The summed E-state index contributed by atoms with van der Waals surface area (Å²) in [6.07, 6.45) is 2.85. The van der Waals surface area contributed by atoms with Gasteiger partial charge in [-0.15, -0.1) is 0 Å². The molecule has 0 radical (unpaired) electrons. The van der Waals surface area contributed by atoms with Crippen LogP contribution >= 0.6 is 0 Å². The van der Waals surface area contributed by atoms with E-state index in [4.69, 9.17) is 0 Å². The third-order valence-electron chi connectivity index (χ3n) is 7.08. The second-order valence-electron chi connectivity index (χ2n) is 7.95. The summed E-state index contributed by atoms with van der Waals surface area (Å²) in [4.78, 5) is 0. The van der Waals surface area contributed by atoms with Crippen molar-refractivity contribution in [1.82, 2.24) is 0 Å². The Kier molecular flexibility index (Phi) is 2.86. The zero-order valence-electron chi connectivity index (χ0n) is 14.0. The van der Waals surface area contributed by atoms with Gasteiger partial charge in [0.25, 0.3) is 0 Å². The van der Waals surface area contributed by atoms with Gasteiger partial charge in [-0.3, -0.25) is 0 Å². The highest BCUT2D eigenvalue weighted by Crippen LogP contribution is 2.59. The molecule has 3 aromatic rings. The fourth-order valence-electron chi connectivity index (χ4n) is 5.72. The van der Waals surface area contributed by atoms with E-state index in [1.165, 1.54) is 34.4 Å². The van der Waals surface area contributed by atoms with Gasteiger partial charge in [-0.25, -0.2) is 0 Å². The molecule has 2 unspecified atom stereocenters. The monoisotopic (exact) mass is 300 g/mol. The fraction of sp³-hybridized carbons (Fsp3) is 0.391. The summed E-state index contributed by atoms with van der Waals surface area (Å²) in [7, 11) is 0. The van der Waals surface area contributed by atoms with Crippen molar-refractivity contribution in [1.29, 1.82) is 0 Å². The molecule has 3 aromatic carbocycles. The molecule has 2 fully saturated rings. The lowest BCUT2D eigenvalue weighted by Gasteiger charge is -2.33. The average Bonchev–Trinajstić information content (AvgIpc) is 3.13. The van der Waals surface area contributed by atoms with Gasteiger partial charge in [-0.1, -0.05) is 62.4 Å². The Bertz CT molecular complexity index is 835. The van der Waals surface area contributed by atoms with E-state index in [-0.39, 0.29) is 0 Å². The molecule has 0 spiro atoms. The zero-order chi connectivity index (χ0) is 15.6. The van der Waals surface area contributed by atoms with Crippen LogP contribution in [0.5, 0.6) is 0 Å². The molecule has 0 N–H and O–H groups in total. The van der Waals surface area contributed by atoms with Crippen molar-refractivity contribution in [3.8, 4) is 0 Å². The highest BCUT2D eigenvalue weighted by Gasteiger charge is 2.49. The van der Waals surface area contributed by atoms with Crippen molar-refractivity contribution >= 4 is 21.5 Å². The van der Waals surface area contributed by atoms with Crippen LogP contribution in [0.25, 0.3) is 21.5 Å². The zero-order valence-corrected chi connectivity index (χ0v) is 14.0. The van der Waals surface area contributed by atoms with Crippen LogP contribution < -0.4 is 0 Å². The Balaban J connectivity index is 1.79. The molecule has 0 aromatic heterocycles. The van der Waals surface area contributed by atoms with Crippen LogP contribution in [0, 0.1) is 23.7 Å². The van der Waals surface area contributed by atoms with Crippen molar-refractivity contribution in [2.24, 2.45) is 23.7 Å². The lowest BCUT2D eigenvalue weighted by atomic mass is 9.71. The molecule has 5 atom stereocenters. The smallest absolute Gasteiger partial charge is 0.0116 e. The van der Waals surface area contributed by atoms with Crippen LogP contribution in [-0.2, 0) is 0 Å². The van der Waals surface area contributed by atoms with Crippen molar-refractivity contribution in [2.75, 3.05) is 0 Å². The topological polar surface area (TPSA) is 0 Å². The Morgan fingerprint density at radius 1 is 0.739 bits per heavy atom. The number of hydrogen-bond acceptors (Lipinski definition) is 0. The lowest BCUT2D eigenvalue weighted by Crippen LogP contribution is -2.23. The van der Waals surface area contributed by atoms with Crippen LogP contribution in [0.2, 0.25) is 0 Å². The first-order valence-electron chi connectivity index (χ1n) is 9.14. The van der Waals surface area contributed by atoms with Gasteiger partial charge in [-0.2, -0.15) is 0 Å². The van der Waals surface area contributed by atoms with Gasteiger partial charge in [0.15, 0.2) is 0 Å². The van der Waals surface area contributed by atoms with Gasteiger partial charge in [-0.05, 0) is 75.6 Å². The Hall–Kier alpha value is -1.82. The highest BCUT2D eigenvalue weighted by atomic mass is 14.5. The van der Waals surface area contributed by atoms with E-state index in [1.54, 1.807) is 5.56 Å². The molecule has 5 rings (SSSR count). The van der Waals surface area contributed by atoms with E-state index in [1.807, 2.05) is 0 Å². The molecule has 0 nitrogen and oxygen atoms in total. The molecule has 116 valence electrons. The average molecular weight is 300 g/mol. The molecule has 2 aliphatic carbocycles. The summed E-state index contributed by atoms with van der Waals surface area (Å²) in [6.45, 7) is 4.97. The number of fused-ring (bicyclic) bond motifs is 4. The van der Waals surface area contributed by atoms with Crippen LogP contribution in [-0.4, -0.2) is 0 Å². The Morgan fingerprint density at radius 3 is 1.91 bits per heavy atom. The van der Waals surface area contributed by atoms with Crippen molar-refractivity contribution in [3.05, 3.63) is 60.2 Å². The van der Waals surface area contributed by atoms with Gasteiger partial charge in [0.1, 0.15) is 0 Å². The molecular weight excluding hydrogens is 276 g/mol. The van der Waals surface area contributed by atoms with Crippen LogP contribution in [0.1, 0.15) is 38.2 Å². The predicted octanol–water partition coefficient (Wildman–Crippen LogP) is 6.39. The van der Waals surface area contributed by atoms with E-state index in [0.717, 1.165) is 29.6 Å². The number of rotatable bonds is 1. The summed E-state index contributed by atoms with van der Waals surface area (Å²) in [5, 5.41) is 5.79. The van der Waals surface area contributed by atoms with Crippen molar-refractivity contribution in [2.45, 2.75) is 32.6 Å². The largest absolute Gasteiger partial charge is 0.0620 e. The van der Waals surface area contributed by atoms with Gasteiger partial charge in [0.2, 0.25) is 0 Å². The molecule has 2 aliphatic rings. The minimum Gasteiger partial charge on any atom is -0.0620 e. The summed E-state index contributed by atoms with van der Waals surface area (Å²) >= 11 is 0. The fourth-order valence-corrected chi connectivity index (χ4v) is 5.72. The molecule has 0 aliphatic heterocycles. The first kappa shape index (κ1) is 13.6. The van der Waals surface area contributed by atoms with Gasteiger partial charge in [0.05, 0.1) is 0 Å². The van der Waals surface area contributed by atoms with E-state index in [2.05, 4.69) is 68.4 Å². The summed E-state index contributed by atoms with van der Waals surface area (Å²) in [5.74, 6) is 4.36. The molecule has 0 amide bonds. The summed E-state index contributed by atoms with van der Waals surface area (Å²) in [6, 6.07) is 20.4. The molecular formula is C23H24.